The highest BCUT2D eigenvalue weighted by atomic mass is 35.5. The molecule has 0 heterocycles. The Bertz CT molecular complexity index is 477. The van der Waals surface area contributed by atoms with Gasteiger partial charge in [0.05, 0.1) is 15.6 Å². The molecule has 0 aromatic heterocycles. The summed E-state index contributed by atoms with van der Waals surface area (Å²) in [6.07, 6.45) is 0.805. The minimum atomic E-state index is -0.674. The summed E-state index contributed by atoms with van der Waals surface area (Å²) < 4.78 is 4.88. The molecule has 0 aliphatic rings. The maximum absolute atomic E-state index is 11.7. The number of amides is 1. The van der Waals surface area contributed by atoms with Gasteiger partial charge in [-0.15, -0.1) is 0 Å². The van der Waals surface area contributed by atoms with E-state index < -0.39 is 5.97 Å². The van der Waals surface area contributed by atoms with Crippen LogP contribution in [0.25, 0.3) is 0 Å². The van der Waals surface area contributed by atoms with E-state index in [1.807, 2.05) is 13.8 Å². The van der Waals surface area contributed by atoms with Crippen LogP contribution in [-0.4, -0.2) is 24.5 Å². The Morgan fingerprint density at radius 2 is 2.05 bits per heavy atom. The first-order valence-corrected chi connectivity index (χ1v) is 6.61. The third-order valence-corrected chi connectivity index (χ3v) is 3.34. The van der Waals surface area contributed by atoms with Crippen LogP contribution in [0.3, 0.4) is 0 Å². The zero-order valence-corrected chi connectivity index (χ0v) is 12.2. The molecule has 0 aliphatic carbocycles. The highest BCUT2D eigenvalue weighted by Gasteiger charge is 2.15. The quantitative estimate of drug-likeness (QED) is 0.851. The van der Waals surface area contributed by atoms with Crippen molar-refractivity contribution in [3.05, 3.63) is 33.8 Å². The van der Waals surface area contributed by atoms with Gasteiger partial charge in [0.15, 0.2) is 6.61 Å². The Hall–Kier alpha value is -1.26. The van der Waals surface area contributed by atoms with Gasteiger partial charge in [0, 0.05) is 6.04 Å². The summed E-state index contributed by atoms with van der Waals surface area (Å²) in [7, 11) is 0. The minimum absolute atomic E-state index is 0.0426. The van der Waals surface area contributed by atoms with E-state index in [0.717, 1.165) is 6.42 Å². The molecule has 4 nitrogen and oxygen atoms in total. The van der Waals surface area contributed by atoms with E-state index in [0.29, 0.717) is 0 Å². The lowest BCUT2D eigenvalue weighted by Crippen LogP contribution is -2.35. The SMILES string of the molecule is CC[C@H](C)NC(=O)COC(=O)c1cccc(Cl)c1Cl. The van der Waals surface area contributed by atoms with E-state index in [4.69, 9.17) is 27.9 Å². The predicted molar refractivity (Wildman–Crippen MR) is 74.6 cm³/mol. The summed E-state index contributed by atoms with van der Waals surface area (Å²) >= 11 is 11.7. The van der Waals surface area contributed by atoms with Gasteiger partial charge in [0.25, 0.3) is 5.91 Å². The van der Waals surface area contributed by atoms with Gasteiger partial charge in [0.2, 0.25) is 0 Å². The van der Waals surface area contributed by atoms with Gasteiger partial charge in [0.1, 0.15) is 0 Å². The molecule has 1 aromatic carbocycles. The molecule has 0 aliphatic heterocycles. The number of benzene rings is 1. The number of halogens is 2. The lowest BCUT2D eigenvalue weighted by atomic mass is 10.2. The Balaban J connectivity index is 2.56. The van der Waals surface area contributed by atoms with E-state index >= 15 is 0 Å². The highest BCUT2D eigenvalue weighted by Crippen LogP contribution is 2.25. The Kier molecular flexibility index (Phi) is 6.12. The fourth-order valence-corrected chi connectivity index (χ4v) is 1.67. The molecule has 0 bridgehead atoms. The van der Waals surface area contributed by atoms with Gasteiger partial charge < -0.3 is 10.1 Å². The highest BCUT2D eigenvalue weighted by molar-refractivity contribution is 6.43. The molecule has 6 heteroatoms. The van der Waals surface area contributed by atoms with Gasteiger partial charge in [-0.25, -0.2) is 4.79 Å². The molecule has 0 spiro atoms. The van der Waals surface area contributed by atoms with Crippen LogP contribution < -0.4 is 5.32 Å². The number of ether oxygens (including phenoxy) is 1. The summed E-state index contributed by atoms with van der Waals surface area (Å²) in [4.78, 5) is 23.2. The molecule has 19 heavy (non-hydrogen) atoms. The first kappa shape index (κ1) is 15.8. The molecule has 1 aromatic rings. The molecule has 0 fully saturated rings. The first-order valence-electron chi connectivity index (χ1n) is 5.86. The number of nitrogens with one attached hydrogen (secondary N) is 1. The molecule has 1 rings (SSSR count). The topological polar surface area (TPSA) is 55.4 Å². The maximum Gasteiger partial charge on any atom is 0.340 e. The number of carbonyl (C=O) groups excluding carboxylic acids is 2. The van der Waals surface area contributed by atoms with Gasteiger partial charge in [-0.1, -0.05) is 36.2 Å². The van der Waals surface area contributed by atoms with Crippen LogP contribution in [0.2, 0.25) is 10.0 Å². The average Bonchev–Trinajstić information content (AvgIpc) is 2.39. The number of rotatable bonds is 5. The van der Waals surface area contributed by atoms with Crippen LogP contribution in [0.1, 0.15) is 30.6 Å². The second kappa shape index (κ2) is 7.36. The maximum atomic E-state index is 11.7. The number of esters is 1. The van der Waals surface area contributed by atoms with E-state index in [2.05, 4.69) is 5.32 Å². The number of carbonyl (C=O) groups is 2. The summed E-state index contributed by atoms with van der Waals surface area (Å²) in [5.41, 5.74) is 0.144. The molecule has 0 radical (unpaired) electrons. The standard InChI is InChI=1S/C13H15Cl2NO3/c1-3-8(2)16-11(17)7-19-13(18)9-5-4-6-10(14)12(9)15/h4-6,8H,3,7H2,1-2H3,(H,16,17)/t8-/m0/s1. The van der Waals surface area contributed by atoms with Crippen LogP contribution in [0.15, 0.2) is 18.2 Å². The molecular weight excluding hydrogens is 289 g/mol. The number of hydrogen-bond acceptors (Lipinski definition) is 3. The zero-order chi connectivity index (χ0) is 14.4. The summed E-state index contributed by atoms with van der Waals surface area (Å²) in [5.74, 6) is -1.02. The lowest BCUT2D eigenvalue weighted by molar-refractivity contribution is -0.124. The van der Waals surface area contributed by atoms with Crippen molar-refractivity contribution in [2.75, 3.05) is 6.61 Å². The zero-order valence-electron chi connectivity index (χ0n) is 10.7. The molecule has 1 N–H and O–H groups in total. The van der Waals surface area contributed by atoms with E-state index in [-0.39, 0.29) is 34.2 Å². The van der Waals surface area contributed by atoms with Crippen LogP contribution >= 0.6 is 23.2 Å². The van der Waals surface area contributed by atoms with Crippen molar-refractivity contribution in [2.24, 2.45) is 0 Å². The van der Waals surface area contributed by atoms with Gasteiger partial charge in [-0.3, -0.25) is 4.79 Å². The molecule has 1 atom stereocenters. The summed E-state index contributed by atoms with van der Waals surface area (Å²) in [6, 6.07) is 4.68. The Morgan fingerprint density at radius 1 is 1.37 bits per heavy atom. The summed E-state index contributed by atoms with van der Waals surface area (Å²) in [6.45, 7) is 3.47. The Morgan fingerprint density at radius 3 is 2.68 bits per heavy atom. The minimum Gasteiger partial charge on any atom is -0.452 e. The van der Waals surface area contributed by atoms with Crippen molar-refractivity contribution in [3.8, 4) is 0 Å². The molecule has 0 saturated carbocycles. The largest absolute Gasteiger partial charge is 0.452 e. The van der Waals surface area contributed by atoms with E-state index in [9.17, 15) is 9.59 Å². The molecule has 0 unspecified atom stereocenters. The average molecular weight is 304 g/mol. The second-order valence-electron chi connectivity index (χ2n) is 4.05. The van der Waals surface area contributed by atoms with Crippen LogP contribution in [0.5, 0.6) is 0 Å². The van der Waals surface area contributed by atoms with Crippen molar-refractivity contribution in [1.82, 2.24) is 5.32 Å². The lowest BCUT2D eigenvalue weighted by Gasteiger charge is -2.11. The molecule has 104 valence electrons. The Labute approximate surface area is 122 Å². The number of hydrogen-bond donors (Lipinski definition) is 1. The second-order valence-corrected chi connectivity index (χ2v) is 4.84. The molecular formula is C13H15Cl2NO3. The van der Waals surface area contributed by atoms with Crippen molar-refractivity contribution in [3.63, 3.8) is 0 Å². The molecule has 1 amide bonds. The van der Waals surface area contributed by atoms with Crippen molar-refractivity contribution >= 4 is 35.1 Å². The predicted octanol–water partition coefficient (Wildman–Crippen LogP) is 3.06. The molecule has 0 saturated heterocycles. The first-order chi connectivity index (χ1) is 8.95. The monoisotopic (exact) mass is 303 g/mol. The fraction of sp³-hybridized carbons (Fsp3) is 0.385. The van der Waals surface area contributed by atoms with E-state index in [1.54, 1.807) is 12.1 Å². The smallest absolute Gasteiger partial charge is 0.340 e. The van der Waals surface area contributed by atoms with Gasteiger partial charge in [-0.05, 0) is 25.5 Å². The summed E-state index contributed by atoms with van der Waals surface area (Å²) in [5, 5.41) is 3.07. The van der Waals surface area contributed by atoms with Crippen molar-refractivity contribution in [2.45, 2.75) is 26.3 Å². The van der Waals surface area contributed by atoms with Crippen molar-refractivity contribution in [1.29, 1.82) is 0 Å². The van der Waals surface area contributed by atoms with Gasteiger partial charge >= 0.3 is 5.97 Å². The normalized spacial score (nSPS) is 11.8. The van der Waals surface area contributed by atoms with Crippen LogP contribution in [0, 0.1) is 0 Å². The third-order valence-electron chi connectivity index (χ3n) is 2.53. The van der Waals surface area contributed by atoms with Gasteiger partial charge in [-0.2, -0.15) is 0 Å². The fourth-order valence-electron chi connectivity index (χ4n) is 1.29. The van der Waals surface area contributed by atoms with Crippen LogP contribution in [-0.2, 0) is 9.53 Å². The van der Waals surface area contributed by atoms with Crippen molar-refractivity contribution < 1.29 is 14.3 Å². The van der Waals surface area contributed by atoms with Crippen LogP contribution in [0.4, 0.5) is 0 Å². The van der Waals surface area contributed by atoms with E-state index in [1.165, 1.54) is 6.07 Å². The third kappa shape index (κ3) is 4.73.